The fraction of sp³-hybridized carbons (Fsp3) is 0.250. The number of nitrogens with zero attached hydrogens (tertiary/aromatic N) is 1. The molecular formula is C16H18N2O2S. The molecule has 110 valence electrons. The SMILES string of the molecule is CCc1ccc(/C=N/NC(=O)Cc2ccc(OC)cc2)s1. The molecule has 1 heterocycles. The average Bonchev–Trinajstić information content (AvgIpc) is 2.96. The summed E-state index contributed by atoms with van der Waals surface area (Å²) in [6.07, 6.45) is 2.99. The zero-order chi connectivity index (χ0) is 15.1. The van der Waals surface area contributed by atoms with Gasteiger partial charge in [0.15, 0.2) is 0 Å². The van der Waals surface area contributed by atoms with Gasteiger partial charge in [-0.2, -0.15) is 5.10 Å². The van der Waals surface area contributed by atoms with Crippen LogP contribution in [0.1, 0.15) is 22.2 Å². The highest BCUT2D eigenvalue weighted by Crippen LogP contribution is 2.14. The first-order chi connectivity index (χ1) is 10.2. The summed E-state index contributed by atoms with van der Waals surface area (Å²) in [5.41, 5.74) is 3.47. The van der Waals surface area contributed by atoms with Crippen LogP contribution in [0.15, 0.2) is 41.5 Å². The third-order valence-corrected chi connectivity index (χ3v) is 4.10. The van der Waals surface area contributed by atoms with E-state index in [-0.39, 0.29) is 5.91 Å². The molecule has 0 aliphatic heterocycles. The number of hydrogen-bond donors (Lipinski definition) is 1. The van der Waals surface area contributed by atoms with Crippen molar-refractivity contribution in [2.75, 3.05) is 7.11 Å². The molecule has 0 aliphatic rings. The zero-order valence-electron chi connectivity index (χ0n) is 12.1. The highest BCUT2D eigenvalue weighted by molar-refractivity contribution is 7.13. The molecule has 0 fully saturated rings. The van der Waals surface area contributed by atoms with Crippen molar-refractivity contribution in [3.05, 3.63) is 51.7 Å². The minimum atomic E-state index is -0.135. The van der Waals surface area contributed by atoms with E-state index in [2.05, 4.69) is 23.5 Å². The fourth-order valence-electron chi connectivity index (χ4n) is 1.79. The minimum absolute atomic E-state index is 0.135. The summed E-state index contributed by atoms with van der Waals surface area (Å²) in [7, 11) is 1.62. The van der Waals surface area contributed by atoms with Gasteiger partial charge in [-0.15, -0.1) is 11.3 Å². The molecule has 2 rings (SSSR count). The van der Waals surface area contributed by atoms with Crippen LogP contribution in [0, 0.1) is 0 Å². The Kier molecular flexibility index (Phi) is 5.51. The molecule has 0 unspecified atom stereocenters. The molecule has 1 aromatic carbocycles. The van der Waals surface area contributed by atoms with Gasteiger partial charge >= 0.3 is 0 Å². The van der Waals surface area contributed by atoms with Gasteiger partial charge in [0.1, 0.15) is 5.75 Å². The smallest absolute Gasteiger partial charge is 0.244 e. The summed E-state index contributed by atoms with van der Waals surface area (Å²) in [5.74, 6) is 0.644. The predicted molar refractivity (Wildman–Crippen MR) is 86.1 cm³/mol. The lowest BCUT2D eigenvalue weighted by Gasteiger charge is -2.02. The Hall–Kier alpha value is -2.14. The van der Waals surface area contributed by atoms with E-state index in [4.69, 9.17) is 4.74 Å². The van der Waals surface area contributed by atoms with E-state index in [0.29, 0.717) is 6.42 Å². The number of methoxy groups -OCH3 is 1. The van der Waals surface area contributed by atoms with E-state index < -0.39 is 0 Å². The monoisotopic (exact) mass is 302 g/mol. The molecule has 1 amide bonds. The summed E-state index contributed by atoms with van der Waals surface area (Å²) in [6, 6.07) is 11.5. The molecule has 4 nitrogen and oxygen atoms in total. The van der Waals surface area contributed by atoms with Crippen LogP contribution in [0.2, 0.25) is 0 Å². The molecule has 0 spiro atoms. The number of rotatable bonds is 6. The Morgan fingerprint density at radius 1 is 1.29 bits per heavy atom. The predicted octanol–water partition coefficient (Wildman–Crippen LogP) is 3.01. The standard InChI is InChI=1S/C16H18N2O2S/c1-3-14-8-9-15(21-14)11-17-18-16(19)10-12-4-6-13(20-2)7-5-12/h4-9,11H,3,10H2,1-2H3,(H,18,19)/b17-11+. The molecule has 21 heavy (non-hydrogen) atoms. The molecule has 0 atom stereocenters. The molecule has 1 aromatic heterocycles. The van der Waals surface area contributed by atoms with Crippen LogP contribution in [0.3, 0.4) is 0 Å². The summed E-state index contributed by atoms with van der Waals surface area (Å²) in [5, 5.41) is 3.98. The number of ether oxygens (including phenoxy) is 1. The van der Waals surface area contributed by atoms with Crippen molar-refractivity contribution in [3.8, 4) is 5.75 Å². The van der Waals surface area contributed by atoms with E-state index in [1.165, 1.54) is 4.88 Å². The molecule has 0 radical (unpaired) electrons. The van der Waals surface area contributed by atoms with Crippen molar-refractivity contribution >= 4 is 23.5 Å². The van der Waals surface area contributed by atoms with E-state index in [1.54, 1.807) is 24.7 Å². The topological polar surface area (TPSA) is 50.7 Å². The van der Waals surface area contributed by atoms with Gasteiger partial charge in [-0.05, 0) is 36.2 Å². The first kappa shape index (κ1) is 15.3. The maximum atomic E-state index is 11.8. The molecule has 0 bridgehead atoms. The van der Waals surface area contributed by atoms with Gasteiger partial charge in [0.25, 0.3) is 0 Å². The average molecular weight is 302 g/mol. The van der Waals surface area contributed by atoms with Crippen LogP contribution in [-0.2, 0) is 17.6 Å². The number of nitrogens with one attached hydrogen (secondary N) is 1. The van der Waals surface area contributed by atoms with Gasteiger partial charge in [-0.3, -0.25) is 4.79 Å². The largest absolute Gasteiger partial charge is 0.497 e. The van der Waals surface area contributed by atoms with Crippen LogP contribution >= 0.6 is 11.3 Å². The first-order valence-electron chi connectivity index (χ1n) is 6.75. The van der Waals surface area contributed by atoms with Crippen molar-refractivity contribution in [1.82, 2.24) is 5.43 Å². The second-order valence-corrected chi connectivity index (χ2v) is 5.68. The minimum Gasteiger partial charge on any atom is -0.497 e. The van der Waals surface area contributed by atoms with Gasteiger partial charge in [-0.1, -0.05) is 19.1 Å². The fourth-order valence-corrected chi connectivity index (χ4v) is 2.61. The van der Waals surface area contributed by atoms with Crippen LogP contribution < -0.4 is 10.2 Å². The van der Waals surface area contributed by atoms with Crippen molar-refractivity contribution in [3.63, 3.8) is 0 Å². The van der Waals surface area contributed by atoms with Crippen molar-refractivity contribution in [2.45, 2.75) is 19.8 Å². The maximum absolute atomic E-state index is 11.8. The maximum Gasteiger partial charge on any atom is 0.244 e. The van der Waals surface area contributed by atoms with Crippen molar-refractivity contribution in [2.24, 2.45) is 5.10 Å². The van der Waals surface area contributed by atoms with Gasteiger partial charge in [0.05, 0.1) is 19.7 Å². The number of carbonyl (C=O) groups excluding carboxylic acids is 1. The molecule has 0 aliphatic carbocycles. The normalized spacial score (nSPS) is 10.8. The van der Waals surface area contributed by atoms with Gasteiger partial charge < -0.3 is 4.74 Å². The van der Waals surface area contributed by atoms with Crippen molar-refractivity contribution in [1.29, 1.82) is 0 Å². The number of hydrazone groups is 1. The zero-order valence-corrected chi connectivity index (χ0v) is 12.9. The lowest BCUT2D eigenvalue weighted by Crippen LogP contribution is -2.19. The molecule has 5 heteroatoms. The Morgan fingerprint density at radius 3 is 2.67 bits per heavy atom. The second kappa shape index (κ2) is 7.59. The first-order valence-corrected chi connectivity index (χ1v) is 7.56. The van der Waals surface area contributed by atoms with E-state index in [0.717, 1.165) is 22.6 Å². The van der Waals surface area contributed by atoms with E-state index >= 15 is 0 Å². The van der Waals surface area contributed by atoms with Crippen LogP contribution in [0.5, 0.6) is 5.75 Å². The molecular weight excluding hydrogens is 284 g/mol. The summed E-state index contributed by atoms with van der Waals surface area (Å²) < 4.78 is 5.08. The van der Waals surface area contributed by atoms with Crippen LogP contribution in [-0.4, -0.2) is 19.2 Å². The highest BCUT2D eigenvalue weighted by Gasteiger charge is 2.02. The van der Waals surface area contributed by atoms with Crippen molar-refractivity contribution < 1.29 is 9.53 Å². The highest BCUT2D eigenvalue weighted by atomic mass is 32.1. The number of amides is 1. The summed E-state index contributed by atoms with van der Waals surface area (Å²) in [4.78, 5) is 14.1. The number of benzene rings is 1. The summed E-state index contributed by atoms with van der Waals surface area (Å²) >= 11 is 1.68. The molecule has 0 saturated carbocycles. The molecule has 1 N–H and O–H groups in total. The third kappa shape index (κ3) is 4.72. The Bertz CT molecular complexity index is 617. The van der Waals surface area contributed by atoms with Crippen LogP contribution in [0.4, 0.5) is 0 Å². The van der Waals surface area contributed by atoms with Gasteiger partial charge in [0.2, 0.25) is 5.91 Å². The van der Waals surface area contributed by atoms with E-state index in [9.17, 15) is 4.79 Å². The number of hydrogen-bond acceptors (Lipinski definition) is 4. The second-order valence-electron chi connectivity index (χ2n) is 4.48. The number of carbonyl (C=O) groups is 1. The third-order valence-electron chi connectivity index (χ3n) is 2.94. The molecule has 0 saturated heterocycles. The summed E-state index contributed by atoms with van der Waals surface area (Å²) in [6.45, 7) is 2.11. The number of aryl methyl sites for hydroxylation is 1. The van der Waals surface area contributed by atoms with E-state index in [1.807, 2.05) is 30.3 Å². The lowest BCUT2D eigenvalue weighted by atomic mass is 10.1. The quantitative estimate of drug-likeness (QED) is 0.659. The molecule has 2 aromatic rings. The Balaban J connectivity index is 1.83. The van der Waals surface area contributed by atoms with Crippen LogP contribution in [0.25, 0.3) is 0 Å². The Labute approximate surface area is 128 Å². The number of thiophene rings is 1. The van der Waals surface area contributed by atoms with Gasteiger partial charge in [-0.25, -0.2) is 5.43 Å². The lowest BCUT2D eigenvalue weighted by molar-refractivity contribution is -0.120. The Morgan fingerprint density at radius 2 is 2.05 bits per heavy atom. The van der Waals surface area contributed by atoms with Gasteiger partial charge in [0, 0.05) is 9.75 Å².